The quantitative estimate of drug-likeness (QED) is 0.880. The second-order valence-electron chi connectivity index (χ2n) is 5.28. The van der Waals surface area contributed by atoms with E-state index >= 15 is 0 Å². The van der Waals surface area contributed by atoms with Gasteiger partial charge in [-0.1, -0.05) is 48.5 Å². The number of aromatic carboxylic acids is 1. The Hall–Kier alpha value is -2.13. The fourth-order valence-electron chi connectivity index (χ4n) is 2.42. The monoisotopic (exact) mass is 283 g/mol. The average Bonchev–Trinajstić information content (AvgIpc) is 2.52. The molecule has 0 aliphatic heterocycles. The molecule has 1 atom stereocenters. The first-order valence-electron chi connectivity index (χ1n) is 7.16. The van der Waals surface area contributed by atoms with Gasteiger partial charge < -0.3 is 5.11 Å². The first kappa shape index (κ1) is 15.3. The van der Waals surface area contributed by atoms with Gasteiger partial charge >= 0.3 is 5.97 Å². The Bertz CT molecular complexity index is 595. The molecule has 0 aliphatic rings. The van der Waals surface area contributed by atoms with Crippen molar-refractivity contribution in [3.63, 3.8) is 0 Å². The summed E-state index contributed by atoms with van der Waals surface area (Å²) >= 11 is 0. The van der Waals surface area contributed by atoms with E-state index in [1.165, 1.54) is 5.56 Å². The van der Waals surface area contributed by atoms with E-state index in [1.807, 2.05) is 30.3 Å². The molecule has 3 heteroatoms. The molecule has 2 aromatic carbocycles. The summed E-state index contributed by atoms with van der Waals surface area (Å²) in [5.74, 6) is -0.857. The molecule has 0 spiro atoms. The lowest BCUT2D eigenvalue weighted by Crippen LogP contribution is -2.25. The van der Waals surface area contributed by atoms with Crippen LogP contribution in [-0.4, -0.2) is 29.6 Å². The third-order valence-corrected chi connectivity index (χ3v) is 3.92. The van der Waals surface area contributed by atoms with Gasteiger partial charge in [0.05, 0.1) is 5.56 Å². The fourth-order valence-corrected chi connectivity index (χ4v) is 2.42. The topological polar surface area (TPSA) is 40.5 Å². The van der Waals surface area contributed by atoms with E-state index in [9.17, 15) is 9.90 Å². The maximum atomic E-state index is 11.2. The van der Waals surface area contributed by atoms with Crippen LogP contribution in [0.1, 0.15) is 34.5 Å². The highest BCUT2D eigenvalue weighted by molar-refractivity contribution is 5.89. The summed E-state index contributed by atoms with van der Waals surface area (Å²) in [7, 11) is 2.07. The van der Waals surface area contributed by atoms with Crippen molar-refractivity contribution in [1.29, 1.82) is 0 Å². The number of nitrogens with zero attached hydrogens (tertiary/aromatic N) is 1. The van der Waals surface area contributed by atoms with Crippen molar-refractivity contribution >= 4 is 5.97 Å². The summed E-state index contributed by atoms with van der Waals surface area (Å²) in [5.41, 5.74) is 2.56. The summed E-state index contributed by atoms with van der Waals surface area (Å²) in [6, 6.07) is 17.9. The van der Waals surface area contributed by atoms with Crippen LogP contribution in [0.2, 0.25) is 0 Å². The van der Waals surface area contributed by atoms with Gasteiger partial charge in [0.2, 0.25) is 0 Å². The zero-order valence-corrected chi connectivity index (χ0v) is 12.5. The van der Waals surface area contributed by atoms with Gasteiger partial charge in [-0.3, -0.25) is 4.90 Å². The smallest absolute Gasteiger partial charge is 0.335 e. The summed E-state index contributed by atoms with van der Waals surface area (Å²) in [4.78, 5) is 13.5. The number of hydrogen-bond acceptors (Lipinski definition) is 2. The Morgan fingerprint density at radius 3 is 2.38 bits per heavy atom. The molecule has 0 saturated heterocycles. The van der Waals surface area contributed by atoms with Crippen molar-refractivity contribution in [1.82, 2.24) is 4.90 Å². The molecule has 0 saturated carbocycles. The van der Waals surface area contributed by atoms with Crippen molar-refractivity contribution in [3.05, 3.63) is 71.3 Å². The molecular formula is C18H21NO2. The second-order valence-corrected chi connectivity index (χ2v) is 5.28. The second kappa shape index (κ2) is 7.04. The zero-order valence-electron chi connectivity index (χ0n) is 12.5. The minimum Gasteiger partial charge on any atom is -0.478 e. The van der Waals surface area contributed by atoms with E-state index in [0.717, 1.165) is 18.5 Å². The molecule has 1 N–H and O–H groups in total. The molecule has 2 rings (SSSR count). The normalized spacial score (nSPS) is 12.3. The molecule has 0 aromatic heterocycles. The van der Waals surface area contributed by atoms with Gasteiger partial charge in [-0.15, -0.1) is 0 Å². The van der Waals surface area contributed by atoms with E-state index in [1.54, 1.807) is 12.1 Å². The molecule has 0 radical (unpaired) electrons. The number of likely N-dealkylation sites (N-methyl/N-ethyl adjacent to an activating group) is 1. The number of carbonyl (C=O) groups is 1. The average molecular weight is 283 g/mol. The van der Waals surface area contributed by atoms with Gasteiger partial charge in [-0.25, -0.2) is 4.79 Å². The first-order chi connectivity index (χ1) is 10.1. The molecular weight excluding hydrogens is 262 g/mol. The molecule has 0 bridgehead atoms. The van der Waals surface area contributed by atoms with Crippen LogP contribution in [-0.2, 0) is 6.42 Å². The van der Waals surface area contributed by atoms with Crippen molar-refractivity contribution in [2.24, 2.45) is 0 Å². The minimum absolute atomic E-state index is 0.309. The van der Waals surface area contributed by atoms with E-state index in [4.69, 9.17) is 0 Å². The Labute approximate surface area is 125 Å². The summed E-state index contributed by atoms with van der Waals surface area (Å²) in [5, 5.41) is 9.20. The Kier molecular flexibility index (Phi) is 5.12. The van der Waals surface area contributed by atoms with Crippen LogP contribution in [0.4, 0.5) is 0 Å². The molecule has 1 unspecified atom stereocenters. The van der Waals surface area contributed by atoms with Crippen LogP contribution in [0.3, 0.4) is 0 Å². The van der Waals surface area contributed by atoms with E-state index < -0.39 is 5.97 Å². The lowest BCUT2D eigenvalue weighted by Gasteiger charge is -2.25. The van der Waals surface area contributed by atoms with Crippen LogP contribution in [0.5, 0.6) is 0 Å². The minimum atomic E-state index is -0.857. The van der Waals surface area contributed by atoms with E-state index in [0.29, 0.717) is 11.6 Å². The molecule has 0 amide bonds. The van der Waals surface area contributed by atoms with Crippen molar-refractivity contribution in [3.8, 4) is 0 Å². The van der Waals surface area contributed by atoms with Gasteiger partial charge in [0, 0.05) is 12.6 Å². The number of hydrogen-bond donors (Lipinski definition) is 1. The summed E-state index contributed by atoms with van der Waals surface area (Å²) < 4.78 is 0. The fraction of sp³-hybridized carbons (Fsp3) is 0.278. The maximum Gasteiger partial charge on any atom is 0.335 e. The molecule has 21 heavy (non-hydrogen) atoms. The molecule has 3 nitrogen and oxygen atoms in total. The molecule has 0 fully saturated rings. The third kappa shape index (κ3) is 3.92. The van der Waals surface area contributed by atoms with Crippen molar-refractivity contribution in [2.45, 2.75) is 19.4 Å². The number of carboxylic acids is 1. The van der Waals surface area contributed by atoms with Gasteiger partial charge in [0.1, 0.15) is 0 Å². The molecule has 2 aromatic rings. The lowest BCUT2D eigenvalue weighted by atomic mass is 10.0. The van der Waals surface area contributed by atoms with Crippen LogP contribution in [0.15, 0.2) is 54.6 Å². The van der Waals surface area contributed by atoms with Crippen LogP contribution < -0.4 is 0 Å². The predicted molar refractivity (Wildman–Crippen MR) is 84.6 cm³/mol. The standard InChI is InChI=1S/C18H21NO2/c1-14(15-8-4-3-5-9-15)19(2)13-12-16-10-6-7-11-17(16)18(20)21/h3-11,14H,12-13H2,1-2H3,(H,20,21). The Morgan fingerprint density at radius 2 is 1.71 bits per heavy atom. The number of carboxylic acid groups (broad SMARTS) is 1. The Balaban J connectivity index is 2.01. The van der Waals surface area contributed by atoms with Crippen LogP contribution >= 0.6 is 0 Å². The predicted octanol–water partition coefficient (Wildman–Crippen LogP) is 3.62. The highest BCUT2D eigenvalue weighted by atomic mass is 16.4. The van der Waals surface area contributed by atoms with E-state index in [2.05, 4.69) is 31.0 Å². The van der Waals surface area contributed by atoms with Crippen molar-refractivity contribution < 1.29 is 9.90 Å². The number of rotatable bonds is 6. The Morgan fingerprint density at radius 1 is 1.10 bits per heavy atom. The van der Waals surface area contributed by atoms with E-state index in [-0.39, 0.29) is 0 Å². The summed E-state index contributed by atoms with van der Waals surface area (Å²) in [6.45, 7) is 2.98. The lowest BCUT2D eigenvalue weighted by molar-refractivity contribution is 0.0695. The SMILES string of the molecule is CC(c1ccccc1)N(C)CCc1ccccc1C(=O)O. The molecule has 110 valence electrons. The molecule has 0 heterocycles. The van der Waals surface area contributed by atoms with Gasteiger partial charge in [0.25, 0.3) is 0 Å². The summed E-state index contributed by atoms with van der Waals surface area (Å²) in [6.07, 6.45) is 0.732. The van der Waals surface area contributed by atoms with Gasteiger partial charge in [0.15, 0.2) is 0 Å². The van der Waals surface area contributed by atoms with Crippen LogP contribution in [0.25, 0.3) is 0 Å². The molecule has 0 aliphatic carbocycles. The highest BCUT2D eigenvalue weighted by Gasteiger charge is 2.13. The zero-order chi connectivity index (χ0) is 15.2. The van der Waals surface area contributed by atoms with Crippen LogP contribution in [0, 0.1) is 0 Å². The maximum absolute atomic E-state index is 11.2. The van der Waals surface area contributed by atoms with Gasteiger partial charge in [-0.2, -0.15) is 0 Å². The largest absolute Gasteiger partial charge is 0.478 e. The first-order valence-corrected chi connectivity index (χ1v) is 7.16. The number of benzene rings is 2. The highest BCUT2D eigenvalue weighted by Crippen LogP contribution is 2.19. The third-order valence-electron chi connectivity index (χ3n) is 3.92. The van der Waals surface area contributed by atoms with Crippen molar-refractivity contribution in [2.75, 3.05) is 13.6 Å². The van der Waals surface area contributed by atoms with Gasteiger partial charge in [-0.05, 0) is 37.6 Å².